The Bertz CT molecular complexity index is 1250. The van der Waals surface area contributed by atoms with Gasteiger partial charge in [-0.2, -0.15) is 5.10 Å². The Kier molecular flexibility index (Phi) is 4.69. The molecule has 0 fully saturated rings. The van der Waals surface area contributed by atoms with Crippen LogP contribution in [0.4, 0.5) is 11.4 Å². The average Bonchev–Trinajstić information content (AvgIpc) is 3.05. The van der Waals surface area contributed by atoms with Crippen molar-refractivity contribution in [1.82, 2.24) is 14.8 Å². The van der Waals surface area contributed by atoms with E-state index in [0.717, 1.165) is 22.8 Å². The van der Waals surface area contributed by atoms with Crippen LogP contribution in [0.25, 0.3) is 16.7 Å². The Morgan fingerprint density at radius 3 is 2.66 bits per heavy atom. The van der Waals surface area contributed by atoms with E-state index in [2.05, 4.69) is 15.4 Å². The Morgan fingerprint density at radius 2 is 1.93 bits per heavy atom. The topological polar surface area (TPSA) is 103 Å². The highest BCUT2D eigenvalue weighted by Crippen LogP contribution is 2.26. The number of carbonyl (C=O) groups is 1. The van der Waals surface area contributed by atoms with E-state index in [1.807, 2.05) is 37.3 Å². The lowest BCUT2D eigenvalue weighted by molar-refractivity contribution is -0.384. The van der Waals surface area contributed by atoms with Crippen molar-refractivity contribution in [3.63, 3.8) is 0 Å². The molecule has 0 aliphatic rings. The van der Waals surface area contributed by atoms with Gasteiger partial charge in [-0.1, -0.05) is 29.8 Å². The number of nitrogens with zero attached hydrogens (tertiary/aromatic N) is 4. The second-order valence-corrected chi connectivity index (χ2v) is 6.71. The van der Waals surface area contributed by atoms with E-state index in [4.69, 9.17) is 11.6 Å². The van der Waals surface area contributed by atoms with Crippen LogP contribution in [0.1, 0.15) is 16.1 Å². The number of benzene rings is 2. The molecule has 4 aromatic rings. The molecule has 29 heavy (non-hydrogen) atoms. The molecular weight excluding hydrogens is 394 g/mol. The first-order valence-electron chi connectivity index (χ1n) is 8.60. The van der Waals surface area contributed by atoms with Gasteiger partial charge in [0.1, 0.15) is 5.02 Å². The number of fused-ring (bicyclic) bond motifs is 1. The number of hydrogen-bond acceptors (Lipinski definition) is 5. The molecule has 1 amide bonds. The van der Waals surface area contributed by atoms with E-state index in [-0.39, 0.29) is 16.3 Å². The van der Waals surface area contributed by atoms with Gasteiger partial charge >= 0.3 is 0 Å². The van der Waals surface area contributed by atoms with Gasteiger partial charge in [-0.05, 0) is 37.3 Å². The van der Waals surface area contributed by atoms with Gasteiger partial charge < -0.3 is 5.32 Å². The highest BCUT2D eigenvalue weighted by molar-refractivity contribution is 6.32. The number of aryl methyl sites for hydroxylation is 1. The maximum Gasteiger partial charge on any atom is 0.288 e. The molecule has 0 radical (unpaired) electrons. The van der Waals surface area contributed by atoms with Crippen LogP contribution < -0.4 is 5.32 Å². The summed E-state index contributed by atoms with van der Waals surface area (Å²) in [6.07, 6.45) is 1.52. The Labute approximate surface area is 169 Å². The molecule has 2 aromatic heterocycles. The zero-order valence-electron chi connectivity index (χ0n) is 15.2. The fraction of sp³-hybridized carbons (Fsp3) is 0.0500. The maximum atomic E-state index is 12.5. The lowest BCUT2D eigenvalue weighted by atomic mass is 10.2. The van der Waals surface area contributed by atoms with Crippen molar-refractivity contribution in [3.8, 4) is 5.69 Å². The number of carbonyl (C=O) groups excluding carboxylic acids is 1. The fourth-order valence-electron chi connectivity index (χ4n) is 2.96. The number of anilines is 1. The molecule has 0 aliphatic heterocycles. The number of nitro groups is 1. The van der Waals surface area contributed by atoms with Crippen LogP contribution in [0.3, 0.4) is 0 Å². The number of aromatic nitrogens is 3. The molecule has 4 rings (SSSR count). The second-order valence-electron chi connectivity index (χ2n) is 6.31. The van der Waals surface area contributed by atoms with Crippen molar-refractivity contribution in [2.45, 2.75) is 6.92 Å². The number of nitro benzene ring substituents is 1. The highest BCUT2D eigenvalue weighted by Gasteiger charge is 2.17. The summed E-state index contributed by atoms with van der Waals surface area (Å²) in [4.78, 5) is 27.4. The van der Waals surface area contributed by atoms with Crippen molar-refractivity contribution in [2.75, 3.05) is 5.32 Å². The number of nitrogens with one attached hydrogen (secondary N) is 1. The van der Waals surface area contributed by atoms with Crippen molar-refractivity contribution < 1.29 is 9.72 Å². The first-order chi connectivity index (χ1) is 13.9. The SMILES string of the molecule is Cc1nn(-c2ccccc2)c2ncc(NC(=O)c3ccc(Cl)c([N+](=O)[O-])c3)cc12. The minimum atomic E-state index is -0.631. The molecule has 0 bridgehead atoms. The van der Waals surface area contributed by atoms with Crippen molar-refractivity contribution >= 4 is 39.9 Å². The molecule has 2 aromatic carbocycles. The molecule has 9 heteroatoms. The molecule has 0 saturated heterocycles. The molecule has 0 atom stereocenters. The van der Waals surface area contributed by atoms with Gasteiger partial charge in [-0.3, -0.25) is 14.9 Å². The molecule has 1 N–H and O–H groups in total. The summed E-state index contributed by atoms with van der Waals surface area (Å²) in [5, 5.41) is 19.0. The summed E-state index contributed by atoms with van der Waals surface area (Å²) < 4.78 is 1.73. The van der Waals surface area contributed by atoms with Crippen LogP contribution in [0.15, 0.2) is 60.8 Å². The quantitative estimate of drug-likeness (QED) is 0.395. The molecule has 2 heterocycles. The van der Waals surface area contributed by atoms with E-state index < -0.39 is 10.8 Å². The molecule has 8 nitrogen and oxygen atoms in total. The first-order valence-corrected chi connectivity index (χ1v) is 8.98. The van der Waals surface area contributed by atoms with Crippen LogP contribution in [0.2, 0.25) is 5.02 Å². The van der Waals surface area contributed by atoms with Gasteiger partial charge in [0.2, 0.25) is 0 Å². The molecule has 0 unspecified atom stereocenters. The number of para-hydroxylation sites is 1. The van der Waals surface area contributed by atoms with E-state index in [1.165, 1.54) is 18.3 Å². The van der Waals surface area contributed by atoms with Crippen LogP contribution in [-0.2, 0) is 0 Å². The van der Waals surface area contributed by atoms with E-state index in [9.17, 15) is 14.9 Å². The third-order valence-corrected chi connectivity index (χ3v) is 4.69. The summed E-state index contributed by atoms with van der Waals surface area (Å²) in [6, 6.07) is 15.3. The Morgan fingerprint density at radius 1 is 1.17 bits per heavy atom. The summed E-state index contributed by atoms with van der Waals surface area (Å²) in [6.45, 7) is 1.86. The number of amides is 1. The maximum absolute atomic E-state index is 12.5. The van der Waals surface area contributed by atoms with Crippen LogP contribution in [-0.4, -0.2) is 25.6 Å². The van der Waals surface area contributed by atoms with E-state index in [0.29, 0.717) is 11.3 Å². The summed E-state index contributed by atoms with van der Waals surface area (Å²) in [5.41, 5.74) is 2.55. The normalized spacial score (nSPS) is 10.8. The molecule has 0 aliphatic carbocycles. The first kappa shape index (κ1) is 18.6. The van der Waals surface area contributed by atoms with Gasteiger partial charge in [0, 0.05) is 17.0 Å². The zero-order chi connectivity index (χ0) is 20.5. The number of halogens is 1. The fourth-order valence-corrected chi connectivity index (χ4v) is 3.15. The predicted molar refractivity (Wildman–Crippen MR) is 110 cm³/mol. The van der Waals surface area contributed by atoms with Crippen LogP contribution in [0, 0.1) is 17.0 Å². The van der Waals surface area contributed by atoms with Gasteiger partial charge in [0.15, 0.2) is 5.65 Å². The summed E-state index contributed by atoms with van der Waals surface area (Å²) >= 11 is 5.80. The average molecular weight is 408 g/mol. The second kappa shape index (κ2) is 7.33. The minimum absolute atomic E-state index is 0.0291. The van der Waals surface area contributed by atoms with Gasteiger partial charge in [-0.25, -0.2) is 9.67 Å². The largest absolute Gasteiger partial charge is 0.321 e. The molecular formula is C20H14ClN5O3. The van der Waals surface area contributed by atoms with Gasteiger partial charge in [0.05, 0.1) is 28.2 Å². The Hall–Kier alpha value is -3.78. The van der Waals surface area contributed by atoms with E-state index >= 15 is 0 Å². The van der Waals surface area contributed by atoms with Gasteiger partial charge in [-0.15, -0.1) is 0 Å². The smallest absolute Gasteiger partial charge is 0.288 e. The lowest BCUT2D eigenvalue weighted by Gasteiger charge is -2.06. The van der Waals surface area contributed by atoms with Crippen molar-refractivity contribution in [1.29, 1.82) is 0 Å². The van der Waals surface area contributed by atoms with E-state index in [1.54, 1.807) is 10.7 Å². The standard InChI is InChI=1S/C20H14ClN5O3/c1-12-16-10-14(11-22-19(16)25(24-12)15-5-3-2-4-6-15)23-20(27)13-7-8-17(21)18(9-13)26(28)29/h2-11H,1H3,(H,23,27). The predicted octanol–water partition coefficient (Wildman–Crippen LogP) is 4.54. The monoisotopic (exact) mass is 407 g/mol. The third-order valence-electron chi connectivity index (χ3n) is 4.37. The summed E-state index contributed by atoms with van der Waals surface area (Å²) in [5.74, 6) is -0.501. The molecule has 144 valence electrons. The number of hydrogen-bond donors (Lipinski definition) is 1. The van der Waals surface area contributed by atoms with Gasteiger partial charge in [0.25, 0.3) is 11.6 Å². The number of rotatable bonds is 4. The zero-order valence-corrected chi connectivity index (χ0v) is 15.9. The van der Waals surface area contributed by atoms with Crippen LogP contribution >= 0.6 is 11.6 Å². The third kappa shape index (κ3) is 3.53. The molecule has 0 spiro atoms. The number of pyridine rings is 1. The highest BCUT2D eigenvalue weighted by atomic mass is 35.5. The minimum Gasteiger partial charge on any atom is -0.321 e. The Balaban J connectivity index is 1.66. The molecule has 0 saturated carbocycles. The van der Waals surface area contributed by atoms with Crippen LogP contribution in [0.5, 0.6) is 0 Å². The summed E-state index contributed by atoms with van der Waals surface area (Å²) in [7, 11) is 0. The lowest BCUT2D eigenvalue weighted by Crippen LogP contribution is -2.12. The van der Waals surface area contributed by atoms with Crippen molar-refractivity contribution in [3.05, 3.63) is 87.2 Å². The van der Waals surface area contributed by atoms with Crippen molar-refractivity contribution in [2.24, 2.45) is 0 Å².